The predicted molar refractivity (Wildman–Crippen MR) is 66.1 cm³/mol. The van der Waals surface area contributed by atoms with Crippen LogP contribution < -0.4 is 5.32 Å². The normalized spacial score (nSPS) is 10.6. The van der Waals surface area contributed by atoms with Crippen molar-refractivity contribution < 1.29 is 13.6 Å². The topological polar surface area (TPSA) is 45.2 Å². The lowest BCUT2D eigenvalue weighted by molar-refractivity contribution is 0.0620. The van der Waals surface area contributed by atoms with Crippen LogP contribution in [0.15, 0.2) is 12.1 Å². The minimum atomic E-state index is -2.53. The van der Waals surface area contributed by atoms with E-state index in [4.69, 9.17) is 0 Å². The average Bonchev–Trinajstić information content (AvgIpc) is 2.36. The Kier molecular flexibility index (Phi) is 5.00. The molecule has 6 heteroatoms. The number of hydrogen-bond donors (Lipinski definition) is 1. The Morgan fingerprint density at radius 1 is 1.50 bits per heavy atom. The van der Waals surface area contributed by atoms with Crippen LogP contribution in [-0.2, 0) is 6.42 Å². The summed E-state index contributed by atoms with van der Waals surface area (Å²) >= 11 is 0. The van der Waals surface area contributed by atoms with Crippen LogP contribution in [0.2, 0.25) is 0 Å². The molecule has 1 amide bonds. The van der Waals surface area contributed by atoms with E-state index in [9.17, 15) is 13.6 Å². The van der Waals surface area contributed by atoms with Crippen LogP contribution in [0.25, 0.3) is 0 Å². The fourth-order valence-electron chi connectivity index (χ4n) is 1.53. The molecule has 1 N–H and O–H groups in total. The standard InChI is InChI=1S/C12H17F2N3O/c1-4-9-5-8(6-11(15-2)16-9)12(18)17(3)7-10(13)14/h5-6,10H,4,7H2,1-3H3,(H,15,16). The zero-order chi connectivity index (χ0) is 13.7. The molecule has 0 atom stereocenters. The summed E-state index contributed by atoms with van der Waals surface area (Å²) < 4.78 is 24.5. The van der Waals surface area contributed by atoms with Gasteiger partial charge in [-0.05, 0) is 18.6 Å². The Labute approximate surface area is 105 Å². The first-order valence-electron chi connectivity index (χ1n) is 5.70. The highest BCUT2D eigenvalue weighted by molar-refractivity contribution is 5.94. The monoisotopic (exact) mass is 257 g/mol. The third-order valence-electron chi connectivity index (χ3n) is 2.50. The highest BCUT2D eigenvalue weighted by Crippen LogP contribution is 2.13. The van der Waals surface area contributed by atoms with Crippen molar-refractivity contribution in [3.8, 4) is 0 Å². The fourth-order valence-corrected chi connectivity index (χ4v) is 1.53. The Hall–Kier alpha value is -1.72. The molecule has 0 aromatic carbocycles. The molecule has 1 aromatic heterocycles. The maximum atomic E-state index is 12.2. The van der Waals surface area contributed by atoms with E-state index in [1.54, 1.807) is 19.2 Å². The number of rotatable bonds is 5. The first-order valence-corrected chi connectivity index (χ1v) is 5.70. The van der Waals surface area contributed by atoms with Gasteiger partial charge in [0.2, 0.25) is 0 Å². The van der Waals surface area contributed by atoms with E-state index in [2.05, 4.69) is 10.3 Å². The van der Waals surface area contributed by atoms with Gasteiger partial charge in [0.1, 0.15) is 5.82 Å². The van der Waals surface area contributed by atoms with Gasteiger partial charge in [-0.25, -0.2) is 13.8 Å². The number of anilines is 1. The summed E-state index contributed by atoms with van der Waals surface area (Å²) in [5, 5.41) is 2.85. The lowest BCUT2D eigenvalue weighted by Crippen LogP contribution is -2.31. The number of nitrogens with zero attached hydrogens (tertiary/aromatic N) is 2. The van der Waals surface area contributed by atoms with E-state index < -0.39 is 18.9 Å². The van der Waals surface area contributed by atoms with E-state index in [0.717, 1.165) is 10.6 Å². The summed E-state index contributed by atoms with van der Waals surface area (Å²) in [6, 6.07) is 3.19. The van der Waals surface area contributed by atoms with E-state index in [-0.39, 0.29) is 0 Å². The van der Waals surface area contributed by atoms with E-state index in [1.165, 1.54) is 7.05 Å². The maximum absolute atomic E-state index is 12.2. The van der Waals surface area contributed by atoms with Gasteiger partial charge in [-0.15, -0.1) is 0 Å². The Bertz CT molecular complexity index is 402. The predicted octanol–water partition coefficient (Wildman–Crippen LogP) is 2.02. The van der Waals surface area contributed by atoms with Crippen LogP contribution in [-0.4, -0.2) is 42.9 Å². The minimum Gasteiger partial charge on any atom is -0.373 e. The molecule has 1 aromatic rings. The summed E-state index contributed by atoms with van der Waals surface area (Å²) in [6.07, 6.45) is -1.86. The molecule has 0 aliphatic heterocycles. The largest absolute Gasteiger partial charge is 0.373 e. The van der Waals surface area contributed by atoms with Crippen LogP contribution in [0.4, 0.5) is 14.6 Å². The molecule has 0 aliphatic carbocycles. The third-order valence-corrected chi connectivity index (χ3v) is 2.50. The van der Waals surface area contributed by atoms with Crippen LogP contribution in [0.3, 0.4) is 0 Å². The van der Waals surface area contributed by atoms with Crippen LogP contribution >= 0.6 is 0 Å². The summed E-state index contributed by atoms with van der Waals surface area (Å²) in [6.45, 7) is 1.34. The number of carbonyl (C=O) groups excluding carboxylic acids is 1. The molecular formula is C12H17F2N3O. The first-order chi connectivity index (χ1) is 8.47. The second-order valence-corrected chi connectivity index (χ2v) is 3.91. The lowest BCUT2D eigenvalue weighted by Gasteiger charge is -2.17. The maximum Gasteiger partial charge on any atom is 0.255 e. The summed E-state index contributed by atoms with van der Waals surface area (Å²) in [5.74, 6) is 0.132. The van der Waals surface area contributed by atoms with Crippen molar-refractivity contribution >= 4 is 11.7 Å². The van der Waals surface area contributed by atoms with Crippen LogP contribution in [0.5, 0.6) is 0 Å². The zero-order valence-corrected chi connectivity index (χ0v) is 10.7. The molecule has 1 heterocycles. The molecule has 0 saturated heterocycles. The molecule has 100 valence electrons. The van der Waals surface area contributed by atoms with Crippen molar-refractivity contribution in [2.75, 3.05) is 26.0 Å². The van der Waals surface area contributed by atoms with Crippen molar-refractivity contribution in [3.05, 3.63) is 23.4 Å². The molecule has 0 aliphatic rings. The molecule has 4 nitrogen and oxygen atoms in total. The highest BCUT2D eigenvalue weighted by Gasteiger charge is 2.17. The van der Waals surface area contributed by atoms with Crippen molar-refractivity contribution in [1.82, 2.24) is 9.88 Å². The number of halogens is 2. The summed E-state index contributed by atoms with van der Waals surface area (Å²) in [4.78, 5) is 17.2. The number of alkyl halides is 2. The molecule has 0 saturated carbocycles. The molecule has 0 unspecified atom stereocenters. The van der Waals surface area contributed by atoms with Crippen molar-refractivity contribution in [2.24, 2.45) is 0 Å². The second kappa shape index (κ2) is 6.28. The van der Waals surface area contributed by atoms with Crippen molar-refractivity contribution in [2.45, 2.75) is 19.8 Å². The second-order valence-electron chi connectivity index (χ2n) is 3.91. The number of carbonyl (C=O) groups is 1. The van der Waals surface area contributed by atoms with Gasteiger partial charge < -0.3 is 10.2 Å². The molecule has 1 rings (SSSR count). The van der Waals surface area contributed by atoms with Crippen molar-refractivity contribution in [3.63, 3.8) is 0 Å². The zero-order valence-electron chi connectivity index (χ0n) is 10.7. The number of aromatic nitrogens is 1. The fraction of sp³-hybridized carbons (Fsp3) is 0.500. The minimum absolute atomic E-state index is 0.370. The van der Waals surface area contributed by atoms with Gasteiger partial charge in [-0.3, -0.25) is 4.79 Å². The molecule has 0 spiro atoms. The van der Waals surface area contributed by atoms with Crippen LogP contribution in [0.1, 0.15) is 23.0 Å². The SMILES string of the molecule is CCc1cc(C(=O)N(C)CC(F)F)cc(NC)n1. The van der Waals surface area contributed by atoms with Gasteiger partial charge in [0.05, 0.1) is 6.54 Å². The van der Waals surface area contributed by atoms with Crippen LogP contribution in [0, 0.1) is 0 Å². The Morgan fingerprint density at radius 2 is 2.17 bits per heavy atom. The first kappa shape index (κ1) is 14.3. The highest BCUT2D eigenvalue weighted by atomic mass is 19.3. The quantitative estimate of drug-likeness (QED) is 0.877. The molecule has 18 heavy (non-hydrogen) atoms. The number of hydrogen-bond acceptors (Lipinski definition) is 3. The number of aryl methyl sites for hydroxylation is 1. The number of pyridine rings is 1. The van der Waals surface area contributed by atoms with E-state index in [1.807, 2.05) is 6.92 Å². The van der Waals surface area contributed by atoms with Gasteiger partial charge in [-0.1, -0.05) is 6.92 Å². The summed E-state index contributed by atoms with van der Waals surface area (Å²) in [7, 11) is 3.05. The molecule has 0 bridgehead atoms. The summed E-state index contributed by atoms with van der Waals surface area (Å²) in [5.41, 5.74) is 1.12. The molecule has 0 fully saturated rings. The third kappa shape index (κ3) is 3.65. The smallest absolute Gasteiger partial charge is 0.255 e. The average molecular weight is 257 g/mol. The number of amides is 1. The van der Waals surface area contributed by atoms with E-state index in [0.29, 0.717) is 17.8 Å². The number of nitrogens with one attached hydrogen (secondary N) is 1. The lowest BCUT2D eigenvalue weighted by atomic mass is 10.1. The Morgan fingerprint density at radius 3 is 2.67 bits per heavy atom. The van der Waals surface area contributed by atoms with Gasteiger partial charge in [0, 0.05) is 25.4 Å². The van der Waals surface area contributed by atoms with E-state index >= 15 is 0 Å². The Balaban J connectivity index is 2.97. The van der Waals surface area contributed by atoms with Gasteiger partial charge in [-0.2, -0.15) is 0 Å². The molecular weight excluding hydrogens is 240 g/mol. The van der Waals surface area contributed by atoms with Gasteiger partial charge in [0.15, 0.2) is 0 Å². The van der Waals surface area contributed by atoms with Gasteiger partial charge >= 0.3 is 0 Å². The van der Waals surface area contributed by atoms with Crippen molar-refractivity contribution in [1.29, 1.82) is 0 Å². The molecule has 0 radical (unpaired) electrons. The van der Waals surface area contributed by atoms with Gasteiger partial charge in [0.25, 0.3) is 12.3 Å².